The molecular formula is C14H15N3. The first-order valence-corrected chi connectivity index (χ1v) is 5.80. The van der Waals surface area contributed by atoms with Crippen LogP contribution >= 0.6 is 0 Å². The topological polar surface area (TPSA) is 19.4 Å². The molecule has 0 saturated heterocycles. The van der Waals surface area contributed by atoms with E-state index in [2.05, 4.69) is 46.3 Å². The molecule has 1 aliphatic heterocycles. The molecule has 0 N–H and O–H groups in total. The first-order chi connectivity index (χ1) is 8.34. The largest absolute Gasteiger partial charge is 0.308 e. The number of benzene rings is 1. The Morgan fingerprint density at radius 3 is 2.18 bits per heavy atom. The van der Waals surface area contributed by atoms with Gasteiger partial charge < -0.3 is 5.01 Å². The van der Waals surface area contributed by atoms with Crippen molar-refractivity contribution in [1.29, 1.82) is 0 Å². The SMILES string of the molecule is CN(c1ccncc1)N1Cc2ccccc2C1. The number of fused-ring (bicyclic) bond motifs is 1. The number of rotatable bonds is 2. The summed E-state index contributed by atoms with van der Waals surface area (Å²) < 4.78 is 0. The van der Waals surface area contributed by atoms with E-state index < -0.39 is 0 Å². The zero-order valence-corrected chi connectivity index (χ0v) is 9.87. The lowest BCUT2D eigenvalue weighted by molar-refractivity contribution is 0.274. The number of hydrazine groups is 1. The number of aromatic nitrogens is 1. The molecule has 3 nitrogen and oxygen atoms in total. The minimum atomic E-state index is 0.981. The summed E-state index contributed by atoms with van der Waals surface area (Å²) in [6, 6.07) is 12.7. The Morgan fingerprint density at radius 1 is 1.00 bits per heavy atom. The summed E-state index contributed by atoms with van der Waals surface area (Å²) in [6.07, 6.45) is 3.66. The van der Waals surface area contributed by atoms with Crippen molar-refractivity contribution in [2.45, 2.75) is 13.1 Å². The van der Waals surface area contributed by atoms with Crippen molar-refractivity contribution >= 4 is 5.69 Å². The van der Waals surface area contributed by atoms with Crippen LogP contribution in [0.15, 0.2) is 48.8 Å². The highest BCUT2D eigenvalue weighted by atomic mass is 15.6. The molecule has 2 heterocycles. The van der Waals surface area contributed by atoms with Crippen LogP contribution in [0.3, 0.4) is 0 Å². The molecule has 0 aliphatic carbocycles. The van der Waals surface area contributed by atoms with E-state index in [1.165, 1.54) is 16.8 Å². The number of nitrogens with zero attached hydrogens (tertiary/aromatic N) is 3. The number of hydrogen-bond donors (Lipinski definition) is 0. The van der Waals surface area contributed by atoms with E-state index in [4.69, 9.17) is 0 Å². The third-order valence-electron chi connectivity index (χ3n) is 3.28. The van der Waals surface area contributed by atoms with Gasteiger partial charge in [0.15, 0.2) is 0 Å². The second-order valence-corrected chi connectivity index (χ2v) is 4.32. The van der Waals surface area contributed by atoms with Crippen LogP contribution in [0.25, 0.3) is 0 Å². The molecule has 0 spiro atoms. The van der Waals surface area contributed by atoms with Gasteiger partial charge in [-0.25, -0.2) is 5.01 Å². The Hall–Kier alpha value is -1.87. The van der Waals surface area contributed by atoms with E-state index in [0.29, 0.717) is 0 Å². The van der Waals surface area contributed by atoms with Crippen LogP contribution in [0, 0.1) is 0 Å². The minimum absolute atomic E-state index is 0.981. The van der Waals surface area contributed by atoms with Gasteiger partial charge >= 0.3 is 0 Å². The number of hydrogen-bond acceptors (Lipinski definition) is 3. The van der Waals surface area contributed by atoms with E-state index in [-0.39, 0.29) is 0 Å². The third-order valence-corrected chi connectivity index (χ3v) is 3.28. The highest BCUT2D eigenvalue weighted by Gasteiger charge is 2.21. The van der Waals surface area contributed by atoms with Crippen molar-refractivity contribution in [2.75, 3.05) is 12.1 Å². The van der Waals surface area contributed by atoms with E-state index >= 15 is 0 Å². The summed E-state index contributed by atoms with van der Waals surface area (Å²) in [4.78, 5) is 4.05. The van der Waals surface area contributed by atoms with Crippen molar-refractivity contribution < 1.29 is 0 Å². The van der Waals surface area contributed by atoms with Crippen molar-refractivity contribution in [3.8, 4) is 0 Å². The highest BCUT2D eigenvalue weighted by molar-refractivity contribution is 5.43. The van der Waals surface area contributed by atoms with Crippen molar-refractivity contribution in [1.82, 2.24) is 9.99 Å². The van der Waals surface area contributed by atoms with Gasteiger partial charge in [-0.05, 0) is 23.3 Å². The molecule has 0 bridgehead atoms. The van der Waals surface area contributed by atoms with E-state index in [0.717, 1.165) is 13.1 Å². The lowest BCUT2D eigenvalue weighted by Gasteiger charge is -2.29. The predicted octanol–water partition coefficient (Wildman–Crippen LogP) is 2.45. The van der Waals surface area contributed by atoms with Gasteiger partial charge in [-0.2, -0.15) is 0 Å². The molecule has 3 heteroatoms. The summed E-state index contributed by atoms with van der Waals surface area (Å²) in [5.74, 6) is 0. The van der Waals surface area contributed by atoms with Crippen LogP contribution in [-0.4, -0.2) is 17.0 Å². The van der Waals surface area contributed by atoms with Gasteiger partial charge in [-0.15, -0.1) is 0 Å². The Morgan fingerprint density at radius 2 is 1.59 bits per heavy atom. The Labute approximate surface area is 101 Å². The molecule has 0 saturated carbocycles. The van der Waals surface area contributed by atoms with Gasteiger partial charge in [0.05, 0.1) is 5.69 Å². The maximum absolute atomic E-state index is 4.05. The molecule has 0 fully saturated rings. The fourth-order valence-electron chi connectivity index (χ4n) is 2.25. The summed E-state index contributed by atoms with van der Waals surface area (Å²) in [5, 5.41) is 4.53. The lowest BCUT2D eigenvalue weighted by atomic mass is 10.1. The summed E-state index contributed by atoms with van der Waals surface area (Å²) in [6.45, 7) is 1.96. The molecule has 0 atom stereocenters. The molecule has 0 amide bonds. The normalized spacial score (nSPS) is 14.6. The lowest BCUT2D eigenvalue weighted by Crippen LogP contribution is -2.35. The molecule has 3 rings (SSSR count). The maximum atomic E-state index is 4.05. The van der Waals surface area contributed by atoms with E-state index in [9.17, 15) is 0 Å². The standard InChI is InChI=1S/C14H15N3/c1-16(14-6-8-15-9-7-14)17-10-12-4-2-3-5-13(12)11-17/h2-9H,10-11H2,1H3. The summed E-state index contributed by atoms with van der Waals surface area (Å²) in [5.41, 5.74) is 4.02. The zero-order valence-electron chi connectivity index (χ0n) is 9.87. The average Bonchev–Trinajstić information content (AvgIpc) is 2.82. The van der Waals surface area contributed by atoms with Crippen molar-refractivity contribution in [2.24, 2.45) is 0 Å². The fraction of sp³-hybridized carbons (Fsp3) is 0.214. The number of anilines is 1. The van der Waals surface area contributed by atoms with Gasteiger partial charge in [0.2, 0.25) is 0 Å². The molecule has 0 radical (unpaired) electrons. The predicted molar refractivity (Wildman–Crippen MR) is 68.3 cm³/mol. The van der Waals surface area contributed by atoms with Gasteiger partial charge in [0.25, 0.3) is 0 Å². The van der Waals surface area contributed by atoms with Crippen LogP contribution in [0.1, 0.15) is 11.1 Å². The number of pyridine rings is 1. The average molecular weight is 225 g/mol. The second-order valence-electron chi connectivity index (χ2n) is 4.32. The van der Waals surface area contributed by atoms with Crippen molar-refractivity contribution in [3.63, 3.8) is 0 Å². The zero-order chi connectivity index (χ0) is 11.7. The van der Waals surface area contributed by atoms with Crippen LogP contribution in [-0.2, 0) is 13.1 Å². The van der Waals surface area contributed by atoms with E-state index in [1.54, 1.807) is 0 Å². The maximum Gasteiger partial charge on any atom is 0.0549 e. The van der Waals surface area contributed by atoms with Crippen LogP contribution in [0.2, 0.25) is 0 Å². The van der Waals surface area contributed by atoms with Gasteiger partial charge in [0, 0.05) is 32.5 Å². The molecule has 1 aromatic carbocycles. The monoisotopic (exact) mass is 225 g/mol. The van der Waals surface area contributed by atoms with Crippen LogP contribution < -0.4 is 5.01 Å². The quantitative estimate of drug-likeness (QED) is 0.782. The van der Waals surface area contributed by atoms with Crippen molar-refractivity contribution in [3.05, 3.63) is 59.9 Å². The molecule has 86 valence electrons. The van der Waals surface area contributed by atoms with Gasteiger partial charge in [0.1, 0.15) is 0 Å². The fourth-order valence-corrected chi connectivity index (χ4v) is 2.25. The first-order valence-electron chi connectivity index (χ1n) is 5.80. The summed E-state index contributed by atoms with van der Waals surface area (Å²) in [7, 11) is 2.10. The molecule has 1 aromatic heterocycles. The molecular weight excluding hydrogens is 210 g/mol. The van der Waals surface area contributed by atoms with Crippen LogP contribution in [0.5, 0.6) is 0 Å². The Bertz CT molecular complexity index is 485. The molecule has 17 heavy (non-hydrogen) atoms. The first kappa shape index (κ1) is 10.3. The van der Waals surface area contributed by atoms with E-state index in [1.807, 2.05) is 24.5 Å². The van der Waals surface area contributed by atoms with Gasteiger partial charge in [-0.1, -0.05) is 24.3 Å². The Balaban J connectivity index is 1.81. The highest BCUT2D eigenvalue weighted by Crippen LogP contribution is 2.25. The Kier molecular flexibility index (Phi) is 2.53. The van der Waals surface area contributed by atoms with Gasteiger partial charge in [-0.3, -0.25) is 4.98 Å². The molecule has 0 unspecified atom stereocenters. The second kappa shape index (κ2) is 4.18. The third kappa shape index (κ3) is 1.89. The molecule has 2 aromatic rings. The molecule has 1 aliphatic rings. The summed E-state index contributed by atoms with van der Waals surface area (Å²) >= 11 is 0. The smallest absolute Gasteiger partial charge is 0.0549 e. The minimum Gasteiger partial charge on any atom is -0.308 e. The van der Waals surface area contributed by atoms with Crippen LogP contribution in [0.4, 0.5) is 5.69 Å².